The van der Waals surface area contributed by atoms with Crippen molar-refractivity contribution in [3.05, 3.63) is 0 Å². The molecule has 0 bridgehead atoms. The van der Waals surface area contributed by atoms with Crippen LogP contribution in [0.4, 0.5) is 0 Å². The van der Waals surface area contributed by atoms with Crippen LogP contribution < -0.4 is 5.32 Å². The Morgan fingerprint density at radius 2 is 1.56 bits per heavy atom. The van der Waals surface area contributed by atoms with E-state index < -0.39 is 0 Å². The van der Waals surface area contributed by atoms with Crippen molar-refractivity contribution in [1.82, 2.24) is 10.2 Å². The molecule has 1 aliphatic rings. The molecule has 1 saturated heterocycles. The molecular formula is C14H30N2. The fourth-order valence-corrected chi connectivity index (χ4v) is 2.84. The molecule has 96 valence electrons. The lowest BCUT2D eigenvalue weighted by Gasteiger charge is -2.31. The summed E-state index contributed by atoms with van der Waals surface area (Å²) in [6, 6.07) is 1.28. The number of nitrogens with zero attached hydrogens (tertiary/aromatic N) is 1. The van der Waals surface area contributed by atoms with Crippen LogP contribution in [0.15, 0.2) is 0 Å². The molecule has 2 atom stereocenters. The van der Waals surface area contributed by atoms with Crippen LogP contribution in [0.25, 0.3) is 0 Å². The molecule has 0 aromatic heterocycles. The van der Waals surface area contributed by atoms with Gasteiger partial charge in [-0.05, 0) is 52.1 Å². The van der Waals surface area contributed by atoms with Gasteiger partial charge in [-0.3, -0.25) is 0 Å². The molecule has 1 fully saturated rings. The lowest BCUT2D eigenvalue weighted by Crippen LogP contribution is -2.44. The van der Waals surface area contributed by atoms with Crippen molar-refractivity contribution in [2.24, 2.45) is 5.92 Å². The van der Waals surface area contributed by atoms with Crippen molar-refractivity contribution < 1.29 is 0 Å². The van der Waals surface area contributed by atoms with Gasteiger partial charge < -0.3 is 10.2 Å². The fraction of sp³-hybridized carbons (Fsp3) is 1.00. The molecule has 0 amide bonds. The average Bonchev–Trinajstić information content (AvgIpc) is 2.17. The first kappa shape index (κ1) is 14.0. The maximum atomic E-state index is 3.72. The van der Waals surface area contributed by atoms with Gasteiger partial charge in [0.1, 0.15) is 0 Å². The Bertz CT molecular complexity index is 174. The molecule has 1 heterocycles. The summed E-state index contributed by atoms with van der Waals surface area (Å²) < 4.78 is 0. The average molecular weight is 226 g/mol. The Balaban J connectivity index is 2.15. The number of rotatable bonds is 6. The van der Waals surface area contributed by atoms with Gasteiger partial charge in [0.15, 0.2) is 0 Å². The monoisotopic (exact) mass is 226 g/mol. The molecule has 0 aromatic carbocycles. The van der Waals surface area contributed by atoms with Gasteiger partial charge in [0, 0.05) is 18.6 Å². The molecular weight excluding hydrogens is 196 g/mol. The number of nitrogens with one attached hydrogen (secondary N) is 1. The third-order valence-electron chi connectivity index (χ3n) is 3.37. The van der Waals surface area contributed by atoms with Crippen LogP contribution in [-0.4, -0.2) is 36.6 Å². The highest BCUT2D eigenvalue weighted by atomic mass is 15.2. The minimum Gasteiger partial charge on any atom is -0.310 e. The summed E-state index contributed by atoms with van der Waals surface area (Å²) in [6.45, 7) is 13.1. The van der Waals surface area contributed by atoms with Gasteiger partial charge in [-0.1, -0.05) is 20.3 Å². The van der Waals surface area contributed by atoms with Crippen molar-refractivity contribution in [1.29, 1.82) is 0 Å². The number of likely N-dealkylation sites (tertiary alicyclic amines) is 1. The topological polar surface area (TPSA) is 15.3 Å². The van der Waals surface area contributed by atoms with E-state index >= 15 is 0 Å². The molecule has 1 N–H and O–H groups in total. The first-order valence-corrected chi connectivity index (χ1v) is 7.06. The highest BCUT2D eigenvalue weighted by molar-refractivity contribution is 4.74. The second-order valence-electron chi connectivity index (χ2n) is 5.96. The van der Waals surface area contributed by atoms with Crippen molar-refractivity contribution in [3.8, 4) is 0 Å². The van der Waals surface area contributed by atoms with Crippen LogP contribution in [0.3, 0.4) is 0 Å². The molecule has 2 unspecified atom stereocenters. The zero-order valence-electron chi connectivity index (χ0n) is 11.6. The fourth-order valence-electron chi connectivity index (χ4n) is 2.84. The molecule has 0 saturated carbocycles. The smallest absolute Gasteiger partial charge is 0.0169 e. The Morgan fingerprint density at radius 1 is 0.938 bits per heavy atom. The van der Waals surface area contributed by atoms with Crippen LogP contribution >= 0.6 is 0 Å². The van der Waals surface area contributed by atoms with Crippen molar-refractivity contribution in [2.75, 3.05) is 19.6 Å². The minimum atomic E-state index is 0.631. The van der Waals surface area contributed by atoms with Gasteiger partial charge in [-0.25, -0.2) is 0 Å². The molecule has 16 heavy (non-hydrogen) atoms. The second kappa shape index (κ2) is 7.29. The third-order valence-corrected chi connectivity index (χ3v) is 3.37. The Hall–Kier alpha value is -0.0800. The maximum absolute atomic E-state index is 3.72. The van der Waals surface area contributed by atoms with E-state index in [2.05, 4.69) is 37.9 Å². The lowest BCUT2D eigenvalue weighted by molar-refractivity contribution is 0.203. The van der Waals surface area contributed by atoms with E-state index in [4.69, 9.17) is 0 Å². The summed E-state index contributed by atoms with van der Waals surface area (Å²) in [4.78, 5) is 2.61. The van der Waals surface area contributed by atoms with Crippen LogP contribution in [-0.2, 0) is 0 Å². The maximum Gasteiger partial charge on any atom is 0.0169 e. The summed E-state index contributed by atoms with van der Waals surface area (Å²) in [5.74, 6) is 0.796. The van der Waals surface area contributed by atoms with Gasteiger partial charge >= 0.3 is 0 Å². The predicted molar refractivity (Wildman–Crippen MR) is 71.8 cm³/mol. The summed E-state index contributed by atoms with van der Waals surface area (Å²) in [5, 5.41) is 3.72. The summed E-state index contributed by atoms with van der Waals surface area (Å²) in [5.41, 5.74) is 0. The first-order valence-electron chi connectivity index (χ1n) is 7.06. The van der Waals surface area contributed by atoms with E-state index in [1.165, 1.54) is 45.3 Å². The van der Waals surface area contributed by atoms with E-state index in [-0.39, 0.29) is 0 Å². The van der Waals surface area contributed by atoms with Gasteiger partial charge in [0.2, 0.25) is 0 Å². The molecule has 1 aliphatic heterocycles. The Kier molecular flexibility index (Phi) is 6.37. The van der Waals surface area contributed by atoms with Crippen LogP contribution in [0, 0.1) is 5.92 Å². The quantitative estimate of drug-likeness (QED) is 0.749. The number of hydrogen-bond donors (Lipinski definition) is 1. The van der Waals surface area contributed by atoms with Crippen LogP contribution in [0.5, 0.6) is 0 Å². The second-order valence-corrected chi connectivity index (χ2v) is 5.96. The summed E-state index contributed by atoms with van der Waals surface area (Å²) in [6.07, 6.45) is 5.51. The molecule has 2 nitrogen and oxygen atoms in total. The largest absolute Gasteiger partial charge is 0.310 e. The summed E-state index contributed by atoms with van der Waals surface area (Å²) in [7, 11) is 0. The van der Waals surface area contributed by atoms with E-state index in [1.807, 2.05) is 0 Å². The third kappa shape index (κ3) is 5.86. The molecule has 0 spiro atoms. The van der Waals surface area contributed by atoms with Gasteiger partial charge in [-0.15, -0.1) is 0 Å². The normalized spacial score (nSPS) is 22.3. The van der Waals surface area contributed by atoms with Crippen molar-refractivity contribution >= 4 is 0 Å². The Morgan fingerprint density at radius 3 is 2.12 bits per heavy atom. The number of piperidine rings is 1. The highest BCUT2D eigenvalue weighted by Gasteiger charge is 2.14. The zero-order valence-corrected chi connectivity index (χ0v) is 11.6. The first-order chi connectivity index (χ1) is 7.58. The molecule has 0 aromatic rings. The van der Waals surface area contributed by atoms with Gasteiger partial charge in [0.05, 0.1) is 0 Å². The van der Waals surface area contributed by atoms with Gasteiger partial charge in [0.25, 0.3) is 0 Å². The SMILES string of the molecule is CC(C)CC(C)NC(C)CN1CCCCC1. The van der Waals surface area contributed by atoms with Crippen molar-refractivity contribution in [2.45, 2.75) is 65.5 Å². The molecule has 2 heteroatoms. The highest BCUT2D eigenvalue weighted by Crippen LogP contribution is 2.10. The van der Waals surface area contributed by atoms with Crippen LogP contribution in [0.2, 0.25) is 0 Å². The predicted octanol–water partition coefficient (Wildman–Crippen LogP) is 2.89. The van der Waals surface area contributed by atoms with Crippen LogP contribution in [0.1, 0.15) is 53.4 Å². The van der Waals surface area contributed by atoms with E-state index in [9.17, 15) is 0 Å². The standard InChI is InChI=1S/C14H30N2/c1-12(2)10-13(3)15-14(4)11-16-8-6-5-7-9-16/h12-15H,5-11H2,1-4H3. The molecule has 0 aliphatic carbocycles. The van der Waals surface area contributed by atoms with Gasteiger partial charge in [-0.2, -0.15) is 0 Å². The number of hydrogen-bond acceptors (Lipinski definition) is 2. The van der Waals surface area contributed by atoms with E-state index in [1.54, 1.807) is 0 Å². The Labute approximate surface area is 102 Å². The lowest BCUT2D eigenvalue weighted by atomic mass is 10.0. The summed E-state index contributed by atoms with van der Waals surface area (Å²) >= 11 is 0. The molecule has 0 radical (unpaired) electrons. The molecule has 1 rings (SSSR count). The minimum absolute atomic E-state index is 0.631. The van der Waals surface area contributed by atoms with E-state index in [0.717, 1.165) is 5.92 Å². The zero-order chi connectivity index (χ0) is 12.0. The van der Waals surface area contributed by atoms with Crippen molar-refractivity contribution in [3.63, 3.8) is 0 Å². The van der Waals surface area contributed by atoms with E-state index in [0.29, 0.717) is 12.1 Å².